The quantitative estimate of drug-likeness (QED) is 0.937. The van der Waals surface area contributed by atoms with Gasteiger partial charge >= 0.3 is 5.97 Å². The van der Waals surface area contributed by atoms with Crippen LogP contribution in [0.1, 0.15) is 34.0 Å². The Morgan fingerprint density at radius 2 is 2.14 bits per heavy atom. The van der Waals surface area contributed by atoms with E-state index in [0.29, 0.717) is 5.56 Å². The van der Waals surface area contributed by atoms with Gasteiger partial charge in [-0.15, -0.1) is 0 Å². The first-order valence-corrected chi connectivity index (χ1v) is 7.02. The molecule has 21 heavy (non-hydrogen) atoms. The van der Waals surface area contributed by atoms with Crippen LogP contribution in [0.3, 0.4) is 0 Å². The molecule has 2 aromatic rings. The van der Waals surface area contributed by atoms with Crippen molar-refractivity contribution >= 4 is 11.9 Å². The molecule has 108 valence electrons. The number of hydrogen-bond donors (Lipinski definition) is 1. The van der Waals surface area contributed by atoms with Crippen LogP contribution in [0.15, 0.2) is 36.5 Å². The molecule has 3 rings (SSSR count). The number of aromatic carboxylic acids is 1. The summed E-state index contributed by atoms with van der Waals surface area (Å²) in [7, 11) is 0. The summed E-state index contributed by atoms with van der Waals surface area (Å²) in [5, 5.41) is 9.31. The largest absolute Gasteiger partial charge is 0.478 e. The minimum atomic E-state index is -0.865. The van der Waals surface area contributed by atoms with Gasteiger partial charge in [0.2, 0.25) is 5.95 Å². The second-order valence-corrected chi connectivity index (χ2v) is 5.32. The molecule has 1 fully saturated rings. The smallest absolute Gasteiger partial charge is 0.335 e. The van der Waals surface area contributed by atoms with Crippen molar-refractivity contribution in [1.82, 2.24) is 9.97 Å². The third-order valence-electron chi connectivity index (χ3n) is 3.88. The summed E-state index contributed by atoms with van der Waals surface area (Å²) in [6, 6.07) is 9.12. The van der Waals surface area contributed by atoms with Crippen LogP contribution in [0, 0.1) is 6.92 Å². The highest BCUT2D eigenvalue weighted by Gasteiger charge is 2.28. The predicted molar refractivity (Wildman–Crippen MR) is 79.7 cm³/mol. The van der Waals surface area contributed by atoms with Crippen molar-refractivity contribution < 1.29 is 9.90 Å². The van der Waals surface area contributed by atoms with Gasteiger partial charge < -0.3 is 10.0 Å². The lowest BCUT2D eigenvalue weighted by Crippen LogP contribution is -2.22. The maximum Gasteiger partial charge on any atom is 0.335 e. The number of aryl methyl sites for hydroxylation is 1. The van der Waals surface area contributed by atoms with Crippen LogP contribution in [0.2, 0.25) is 0 Å². The molecule has 1 aliphatic rings. The minimum absolute atomic E-state index is 0.210. The second-order valence-electron chi connectivity index (χ2n) is 5.32. The highest BCUT2D eigenvalue weighted by molar-refractivity contribution is 5.89. The summed E-state index contributed by atoms with van der Waals surface area (Å²) >= 11 is 0. The summed E-state index contributed by atoms with van der Waals surface area (Å²) in [5.74, 6) is 0.0718. The molecule has 0 radical (unpaired) electrons. The van der Waals surface area contributed by atoms with E-state index >= 15 is 0 Å². The Labute approximate surface area is 123 Å². The van der Waals surface area contributed by atoms with Crippen LogP contribution in [0.5, 0.6) is 0 Å². The number of rotatable bonds is 3. The highest BCUT2D eigenvalue weighted by Crippen LogP contribution is 2.31. The minimum Gasteiger partial charge on any atom is -0.478 e. The maximum absolute atomic E-state index is 11.3. The molecule has 1 N–H and O–H groups in total. The molecule has 1 aromatic carbocycles. The van der Waals surface area contributed by atoms with E-state index in [1.807, 2.05) is 25.1 Å². The fraction of sp³-hybridized carbons (Fsp3) is 0.312. The van der Waals surface area contributed by atoms with Gasteiger partial charge in [-0.3, -0.25) is 0 Å². The number of carboxylic acid groups (broad SMARTS) is 1. The van der Waals surface area contributed by atoms with E-state index in [1.54, 1.807) is 18.3 Å². The van der Waals surface area contributed by atoms with E-state index in [2.05, 4.69) is 14.9 Å². The Bertz CT molecular complexity index is 672. The summed E-state index contributed by atoms with van der Waals surface area (Å²) in [6.45, 7) is 3.55. The lowest BCUT2D eigenvalue weighted by Gasteiger charge is -2.17. The fourth-order valence-electron chi connectivity index (χ4n) is 2.83. The second kappa shape index (κ2) is 5.52. The zero-order valence-electron chi connectivity index (χ0n) is 11.9. The molecule has 1 atom stereocenters. The summed E-state index contributed by atoms with van der Waals surface area (Å²) < 4.78 is 0. The Balaban J connectivity index is 1.83. The van der Waals surface area contributed by atoms with Gasteiger partial charge in [0.1, 0.15) is 0 Å². The SMILES string of the molecule is Cc1ccnc(N2CC[C@@H](c3ccccc3C(=O)O)C2)n1. The van der Waals surface area contributed by atoms with Gasteiger partial charge in [0, 0.05) is 30.9 Å². The van der Waals surface area contributed by atoms with Crippen molar-refractivity contribution in [2.45, 2.75) is 19.3 Å². The van der Waals surface area contributed by atoms with Crippen molar-refractivity contribution in [3.8, 4) is 0 Å². The molecule has 5 heteroatoms. The monoisotopic (exact) mass is 283 g/mol. The van der Waals surface area contributed by atoms with E-state index in [-0.39, 0.29) is 5.92 Å². The Hall–Kier alpha value is -2.43. The van der Waals surface area contributed by atoms with E-state index < -0.39 is 5.97 Å². The number of nitrogens with zero attached hydrogens (tertiary/aromatic N) is 3. The third kappa shape index (κ3) is 2.72. The first-order valence-electron chi connectivity index (χ1n) is 7.02. The fourth-order valence-corrected chi connectivity index (χ4v) is 2.83. The van der Waals surface area contributed by atoms with Crippen LogP contribution in [-0.4, -0.2) is 34.1 Å². The predicted octanol–water partition coefficient (Wildman–Crippen LogP) is 2.48. The molecule has 0 bridgehead atoms. The summed E-state index contributed by atoms with van der Waals surface area (Å²) in [4.78, 5) is 22.2. The van der Waals surface area contributed by atoms with Crippen molar-refractivity contribution in [3.05, 3.63) is 53.3 Å². The van der Waals surface area contributed by atoms with Crippen LogP contribution in [-0.2, 0) is 0 Å². The van der Waals surface area contributed by atoms with E-state index in [0.717, 1.165) is 36.7 Å². The van der Waals surface area contributed by atoms with Crippen LogP contribution in [0.4, 0.5) is 5.95 Å². The van der Waals surface area contributed by atoms with Crippen LogP contribution in [0.25, 0.3) is 0 Å². The van der Waals surface area contributed by atoms with Gasteiger partial charge in [-0.05, 0) is 31.0 Å². The molecular weight excluding hydrogens is 266 g/mol. The zero-order chi connectivity index (χ0) is 14.8. The number of carbonyl (C=O) groups is 1. The highest BCUT2D eigenvalue weighted by atomic mass is 16.4. The van der Waals surface area contributed by atoms with Crippen LogP contribution < -0.4 is 4.90 Å². The lowest BCUT2D eigenvalue weighted by atomic mass is 9.93. The van der Waals surface area contributed by atoms with E-state index in [4.69, 9.17) is 0 Å². The number of hydrogen-bond acceptors (Lipinski definition) is 4. The standard InChI is InChI=1S/C16H17N3O2/c1-11-6-8-17-16(18-11)19-9-7-12(10-19)13-4-2-3-5-14(13)15(20)21/h2-6,8,12H,7,9-10H2,1H3,(H,20,21)/t12-/m1/s1. The van der Waals surface area contributed by atoms with Gasteiger partial charge in [-0.2, -0.15) is 0 Å². The molecule has 0 saturated carbocycles. The average molecular weight is 283 g/mol. The number of benzene rings is 1. The van der Waals surface area contributed by atoms with Crippen molar-refractivity contribution in [1.29, 1.82) is 0 Å². The Morgan fingerprint density at radius 1 is 1.33 bits per heavy atom. The molecule has 1 aromatic heterocycles. The van der Waals surface area contributed by atoms with Crippen molar-refractivity contribution in [3.63, 3.8) is 0 Å². The first kappa shape index (κ1) is 13.5. The molecular formula is C16H17N3O2. The summed E-state index contributed by atoms with van der Waals surface area (Å²) in [6.07, 6.45) is 2.68. The third-order valence-corrected chi connectivity index (χ3v) is 3.88. The Morgan fingerprint density at radius 3 is 2.90 bits per heavy atom. The van der Waals surface area contributed by atoms with Gasteiger partial charge in [0.25, 0.3) is 0 Å². The first-order chi connectivity index (χ1) is 10.1. The van der Waals surface area contributed by atoms with Gasteiger partial charge in [0.15, 0.2) is 0 Å². The molecule has 0 aliphatic carbocycles. The van der Waals surface area contributed by atoms with E-state index in [9.17, 15) is 9.90 Å². The number of carboxylic acids is 1. The topological polar surface area (TPSA) is 66.3 Å². The van der Waals surface area contributed by atoms with Gasteiger partial charge in [0.05, 0.1) is 5.56 Å². The molecule has 1 aliphatic heterocycles. The van der Waals surface area contributed by atoms with Crippen molar-refractivity contribution in [2.75, 3.05) is 18.0 Å². The molecule has 1 saturated heterocycles. The van der Waals surface area contributed by atoms with E-state index in [1.165, 1.54) is 0 Å². The molecule has 0 amide bonds. The molecule has 0 unspecified atom stereocenters. The Kier molecular flexibility index (Phi) is 3.56. The zero-order valence-corrected chi connectivity index (χ0v) is 11.9. The van der Waals surface area contributed by atoms with Crippen molar-refractivity contribution in [2.24, 2.45) is 0 Å². The van der Waals surface area contributed by atoms with Crippen LogP contribution >= 0.6 is 0 Å². The number of anilines is 1. The normalized spacial score (nSPS) is 18.0. The lowest BCUT2D eigenvalue weighted by molar-refractivity contribution is 0.0695. The molecule has 5 nitrogen and oxygen atoms in total. The van der Waals surface area contributed by atoms with Gasteiger partial charge in [-0.25, -0.2) is 14.8 Å². The number of aromatic nitrogens is 2. The molecule has 2 heterocycles. The maximum atomic E-state index is 11.3. The molecule has 0 spiro atoms. The average Bonchev–Trinajstić information content (AvgIpc) is 2.97. The summed E-state index contributed by atoms with van der Waals surface area (Å²) in [5.41, 5.74) is 2.24. The van der Waals surface area contributed by atoms with Gasteiger partial charge in [-0.1, -0.05) is 18.2 Å².